The van der Waals surface area contributed by atoms with Crippen LogP contribution in [0, 0.1) is 0 Å². The fourth-order valence-corrected chi connectivity index (χ4v) is 3.36. The van der Waals surface area contributed by atoms with Crippen molar-refractivity contribution in [3.05, 3.63) is 24.7 Å². The first kappa shape index (κ1) is 14.2. The monoisotopic (exact) mass is 301 g/mol. The minimum atomic E-state index is 0.924. The molecule has 1 N–H and O–H groups in total. The lowest BCUT2D eigenvalue weighted by Gasteiger charge is -2.09. The predicted octanol–water partition coefficient (Wildman–Crippen LogP) is 2.99. The van der Waals surface area contributed by atoms with Crippen LogP contribution in [0.3, 0.4) is 0 Å². The second-order valence-electron chi connectivity index (χ2n) is 5.30. The molecular formula is C15H19N5S. The fraction of sp³-hybridized carbons (Fsp3) is 0.400. The predicted molar refractivity (Wildman–Crippen MR) is 89.0 cm³/mol. The molecule has 0 aromatic carbocycles. The van der Waals surface area contributed by atoms with Gasteiger partial charge in [-0.1, -0.05) is 0 Å². The largest absolute Gasteiger partial charge is 0.369 e. The van der Waals surface area contributed by atoms with E-state index < -0.39 is 0 Å². The molecule has 3 aromatic rings. The molecule has 0 aliphatic heterocycles. The summed E-state index contributed by atoms with van der Waals surface area (Å²) in [4.78, 5) is 16.4. The molecule has 0 spiro atoms. The van der Waals surface area contributed by atoms with Crippen LogP contribution in [0.4, 0.5) is 5.82 Å². The average molecular weight is 301 g/mol. The Balaban J connectivity index is 1.76. The number of fused-ring (bicyclic) bond motifs is 3. The summed E-state index contributed by atoms with van der Waals surface area (Å²) in [5, 5.41) is 4.54. The number of anilines is 1. The quantitative estimate of drug-likeness (QED) is 0.709. The van der Waals surface area contributed by atoms with Gasteiger partial charge in [0, 0.05) is 18.1 Å². The SMILES string of the molecule is CN(C)CCCCNc1ncnc2c1sc1ncccc12. The van der Waals surface area contributed by atoms with Crippen molar-refractivity contribution >= 4 is 37.6 Å². The molecule has 6 heteroatoms. The molecule has 3 rings (SSSR count). The van der Waals surface area contributed by atoms with E-state index in [0.29, 0.717) is 0 Å². The Hall–Kier alpha value is -1.79. The number of pyridine rings is 1. The number of hydrogen-bond donors (Lipinski definition) is 1. The zero-order chi connectivity index (χ0) is 14.7. The van der Waals surface area contributed by atoms with E-state index in [4.69, 9.17) is 0 Å². The number of aromatic nitrogens is 3. The minimum absolute atomic E-state index is 0.924. The summed E-state index contributed by atoms with van der Waals surface area (Å²) in [6.07, 6.45) is 5.76. The molecule has 0 saturated carbocycles. The van der Waals surface area contributed by atoms with E-state index in [1.807, 2.05) is 12.3 Å². The van der Waals surface area contributed by atoms with Crippen LogP contribution < -0.4 is 5.32 Å². The summed E-state index contributed by atoms with van der Waals surface area (Å²) in [6.45, 7) is 2.05. The highest BCUT2D eigenvalue weighted by molar-refractivity contribution is 7.25. The average Bonchev–Trinajstić information content (AvgIpc) is 2.86. The van der Waals surface area contributed by atoms with E-state index in [-0.39, 0.29) is 0 Å². The van der Waals surface area contributed by atoms with E-state index in [2.05, 4.69) is 45.3 Å². The molecule has 0 amide bonds. The Morgan fingerprint density at radius 1 is 1.19 bits per heavy atom. The molecule has 0 radical (unpaired) electrons. The number of thiophene rings is 1. The van der Waals surface area contributed by atoms with Crippen molar-refractivity contribution in [2.75, 3.05) is 32.5 Å². The molecule has 110 valence electrons. The van der Waals surface area contributed by atoms with Gasteiger partial charge in [0.05, 0.1) is 10.2 Å². The number of nitrogens with zero attached hydrogens (tertiary/aromatic N) is 4. The maximum absolute atomic E-state index is 4.41. The minimum Gasteiger partial charge on any atom is -0.369 e. The van der Waals surface area contributed by atoms with Crippen molar-refractivity contribution in [1.29, 1.82) is 0 Å². The molecular weight excluding hydrogens is 282 g/mol. The third-order valence-electron chi connectivity index (χ3n) is 3.35. The number of hydrogen-bond acceptors (Lipinski definition) is 6. The van der Waals surface area contributed by atoms with Gasteiger partial charge in [-0.15, -0.1) is 11.3 Å². The fourth-order valence-electron chi connectivity index (χ4n) is 2.30. The molecule has 3 aromatic heterocycles. The molecule has 0 fully saturated rings. The van der Waals surface area contributed by atoms with Crippen LogP contribution in [-0.2, 0) is 0 Å². The number of unbranched alkanes of at least 4 members (excludes halogenated alkanes) is 1. The van der Waals surface area contributed by atoms with Gasteiger partial charge in [0.15, 0.2) is 0 Å². The maximum Gasteiger partial charge on any atom is 0.147 e. The summed E-state index contributed by atoms with van der Waals surface area (Å²) in [7, 11) is 4.21. The van der Waals surface area contributed by atoms with Crippen molar-refractivity contribution in [3.8, 4) is 0 Å². The van der Waals surface area contributed by atoms with Gasteiger partial charge in [-0.25, -0.2) is 15.0 Å². The van der Waals surface area contributed by atoms with Crippen molar-refractivity contribution in [3.63, 3.8) is 0 Å². The highest BCUT2D eigenvalue weighted by Crippen LogP contribution is 2.34. The van der Waals surface area contributed by atoms with Gasteiger partial charge in [-0.2, -0.15) is 0 Å². The van der Waals surface area contributed by atoms with Gasteiger partial charge in [0.1, 0.15) is 17.0 Å². The highest BCUT2D eigenvalue weighted by atomic mass is 32.1. The van der Waals surface area contributed by atoms with Gasteiger partial charge in [-0.3, -0.25) is 0 Å². The van der Waals surface area contributed by atoms with Crippen LogP contribution in [0.25, 0.3) is 20.4 Å². The number of nitrogens with one attached hydrogen (secondary N) is 1. The Morgan fingerprint density at radius 2 is 2.10 bits per heavy atom. The third-order valence-corrected chi connectivity index (χ3v) is 4.46. The summed E-state index contributed by atoms with van der Waals surface area (Å²) in [5.74, 6) is 0.924. The lowest BCUT2D eigenvalue weighted by Crippen LogP contribution is -2.14. The maximum atomic E-state index is 4.41. The second-order valence-corrected chi connectivity index (χ2v) is 6.29. The molecule has 0 saturated heterocycles. The Morgan fingerprint density at radius 3 is 2.95 bits per heavy atom. The van der Waals surface area contributed by atoms with Gasteiger partial charge in [0.2, 0.25) is 0 Å². The lowest BCUT2D eigenvalue weighted by molar-refractivity contribution is 0.396. The first-order chi connectivity index (χ1) is 10.3. The molecule has 0 atom stereocenters. The summed E-state index contributed by atoms with van der Waals surface area (Å²) < 4.78 is 1.10. The molecule has 0 unspecified atom stereocenters. The summed E-state index contributed by atoms with van der Waals surface area (Å²) in [5.41, 5.74) is 0.994. The van der Waals surface area contributed by atoms with Crippen LogP contribution in [0.1, 0.15) is 12.8 Å². The Kier molecular flexibility index (Phi) is 4.26. The summed E-state index contributed by atoms with van der Waals surface area (Å²) >= 11 is 1.65. The van der Waals surface area contributed by atoms with Gasteiger partial charge >= 0.3 is 0 Å². The smallest absolute Gasteiger partial charge is 0.147 e. The molecule has 0 aliphatic carbocycles. The van der Waals surface area contributed by atoms with Crippen molar-refractivity contribution in [2.45, 2.75) is 12.8 Å². The first-order valence-corrected chi connectivity index (χ1v) is 7.94. The molecule has 0 bridgehead atoms. The zero-order valence-corrected chi connectivity index (χ0v) is 13.2. The molecule has 21 heavy (non-hydrogen) atoms. The zero-order valence-electron chi connectivity index (χ0n) is 12.3. The molecule has 5 nitrogen and oxygen atoms in total. The molecule has 0 aliphatic rings. The van der Waals surface area contributed by atoms with Gasteiger partial charge < -0.3 is 10.2 Å². The van der Waals surface area contributed by atoms with E-state index >= 15 is 0 Å². The van der Waals surface area contributed by atoms with Crippen LogP contribution in [0.5, 0.6) is 0 Å². The van der Waals surface area contributed by atoms with Crippen molar-refractivity contribution < 1.29 is 0 Å². The van der Waals surface area contributed by atoms with Crippen LogP contribution in [-0.4, -0.2) is 47.0 Å². The second kappa shape index (κ2) is 6.32. The van der Waals surface area contributed by atoms with E-state index in [1.165, 1.54) is 6.42 Å². The first-order valence-electron chi connectivity index (χ1n) is 7.12. The van der Waals surface area contributed by atoms with E-state index in [1.54, 1.807) is 17.7 Å². The Labute approximate surface area is 128 Å². The van der Waals surface area contributed by atoms with Crippen molar-refractivity contribution in [1.82, 2.24) is 19.9 Å². The standard InChI is InChI=1S/C15H19N5S/c1-20(2)9-4-3-7-16-14-13-12(18-10-19-14)11-6-5-8-17-15(11)21-13/h5-6,8,10H,3-4,7,9H2,1-2H3,(H,16,18,19). The highest BCUT2D eigenvalue weighted by Gasteiger charge is 2.11. The van der Waals surface area contributed by atoms with Crippen molar-refractivity contribution in [2.24, 2.45) is 0 Å². The van der Waals surface area contributed by atoms with Gasteiger partial charge in [0.25, 0.3) is 0 Å². The van der Waals surface area contributed by atoms with Crippen LogP contribution >= 0.6 is 11.3 Å². The lowest BCUT2D eigenvalue weighted by atomic mass is 10.3. The summed E-state index contributed by atoms with van der Waals surface area (Å²) in [6, 6.07) is 4.01. The number of rotatable bonds is 6. The van der Waals surface area contributed by atoms with Crippen LogP contribution in [0.15, 0.2) is 24.7 Å². The van der Waals surface area contributed by atoms with E-state index in [0.717, 1.165) is 45.8 Å². The van der Waals surface area contributed by atoms with E-state index in [9.17, 15) is 0 Å². The Bertz CT molecular complexity index is 737. The molecule has 3 heterocycles. The normalized spacial score (nSPS) is 11.6. The van der Waals surface area contributed by atoms with Crippen LogP contribution in [0.2, 0.25) is 0 Å². The topological polar surface area (TPSA) is 53.9 Å². The third kappa shape index (κ3) is 3.11. The van der Waals surface area contributed by atoms with Gasteiger partial charge in [-0.05, 0) is 45.6 Å².